The molecule has 0 aromatic heterocycles. The molecule has 0 saturated carbocycles. The van der Waals surface area contributed by atoms with Gasteiger partial charge in [-0.2, -0.15) is 0 Å². The fourth-order valence-electron chi connectivity index (χ4n) is 7.76. The molecule has 4 rings (SSSR count). The molecule has 2 aliphatic heterocycles. The molecule has 2 aromatic carbocycles. The number of carboxylic acid groups (broad SMARTS) is 1. The van der Waals surface area contributed by atoms with E-state index in [1.807, 2.05) is 81.6 Å². The predicted molar refractivity (Wildman–Crippen MR) is 213 cm³/mol. The molecule has 0 unspecified atom stereocenters. The van der Waals surface area contributed by atoms with Crippen LogP contribution in [0.15, 0.2) is 60.7 Å². The highest BCUT2D eigenvalue weighted by Gasteiger charge is 2.39. The Labute approximate surface area is 326 Å². The normalized spacial score (nSPS) is 18.6. The topological polar surface area (TPSA) is 186 Å². The number of carbonyl (C=O) groups is 5. The Morgan fingerprint density at radius 1 is 0.745 bits per heavy atom. The standard InChI is InChI=1S/C42H63N7O6/c1-29(2)26-35(47-40(52)36(28-31-16-9-5-10-17-31)46-38(50)33(43)27-30-14-7-4-8-15-30)39(51)45-34(18-11-6-12-22-44-3)41(53)48-24-20-32(21-25-48)49-23-13-19-37(49)42(54)55/h4-5,7-10,14-17,29,32-37,44H,6,11-13,18-28,43H2,1-3H3,(H,45,51)(H,46,50)(H,47,52)(H,54,55)/t33-,34-,35-,36-,37+/m1/s1. The number of carboxylic acids is 1. The van der Waals surface area contributed by atoms with Crippen molar-refractivity contribution in [3.05, 3.63) is 71.8 Å². The molecule has 0 aliphatic carbocycles. The molecule has 2 aliphatic rings. The van der Waals surface area contributed by atoms with Crippen LogP contribution >= 0.6 is 0 Å². The van der Waals surface area contributed by atoms with Crippen LogP contribution in [0, 0.1) is 5.92 Å². The van der Waals surface area contributed by atoms with Gasteiger partial charge >= 0.3 is 5.97 Å². The zero-order chi connectivity index (χ0) is 39.7. The Balaban J connectivity index is 1.46. The second-order valence-electron chi connectivity index (χ2n) is 15.5. The second kappa shape index (κ2) is 22.3. The van der Waals surface area contributed by atoms with Crippen molar-refractivity contribution in [2.45, 2.75) is 121 Å². The summed E-state index contributed by atoms with van der Waals surface area (Å²) in [5, 5.41) is 21.7. The van der Waals surface area contributed by atoms with Gasteiger partial charge in [0.2, 0.25) is 23.6 Å². The third kappa shape index (κ3) is 13.7. The van der Waals surface area contributed by atoms with E-state index in [-0.39, 0.29) is 24.3 Å². The highest BCUT2D eigenvalue weighted by Crippen LogP contribution is 2.27. The number of nitrogens with one attached hydrogen (secondary N) is 4. The summed E-state index contributed by atoms with van der Waals surface area (Å²) in [5.74, 6) is -2.34. The van der Waals surface area contributed by atoms with Crippen molar-refractivity contribution in [3.8, 4) is 0 Å². The summed E-state index contributed by atoms with van der Waals surface area (Å²) in [6.07, 6.45) is 6.68. The fourth-order valence-corrected chi connectivity index (χ4v) is 7.76. The Morgan fingerprint density at radius 3 is 1.93 bits per heavy atom. The highest BCUT2D eigenvalue weighted by atomic mass is 16.4. The quantitative estimate of drug-likeness (QED) is 0.104. The Bertz CT molecular complexity index is 1520. The summed E-state index contributed by atoms with van der Waals surface area (Å²) in [6.45, 7) is 6.49. The number of piperidine rings is 1. The van der Waals surface area contributed by atoms with Crippen molar-refractivity contribution in [3.63, 3.8) is 0 Å². The lowest BCUT2D eigenvalue weighted by Crippen LogP contribution is -2.59. The number of carbonyl (C=O) groups excluding carboxylic acids is 4. The monoisotopic (exact) mass is 761 g/mol. The van der Waals surface area contributed by atoms with E-state index in [2.05, 4.69) is 26.2 Å². The minimum atomic E-state index is -0.999. The molecule has 55 heavy (non-hydrogen) atoms. The molecule has 7 N–H and O–H groups in total. The number of benzene rings is 2. The number of unbranched alkanes of at least 4 members (excludes halogenated alkanes) is 2. The van der Waals surface area contributed by atoms with Gasteiger partial charge in [0.05, 0.1) is 6.04 Å². The molecule has 0 spiro atoms. The molecule has 302 valence electrons. The molecule has 0 bridgehead atoms. The number of hydrogen-bond acceptors (Lipinski definition) is 8. The van der Waals surface area contributed by atoms with Gasteiger partial charge in [-0.15, -0.1) is 0 Å². The van der Waals surface area contributed by atoms with Crippen LogP contribution in [0.2, 0.25) is 0 Å². The molecule has 2 aromatic rings. The van der Waals surface area contributed by atoms with Crippen molar-refractivity contribution in [1.29, 1.82) is 0 Å². The first-order valence-electron chi connectivity index (χ1n) is 20.1. The molecule has 5 atom stereocenters. The summed E-state index contributed by atoms with van der Waals surface area (Å²) >= 11 is 0. The second-order valence-corrected chi connectivity index (χ2v) is 15.5. The zero-order valence-corrected chi connectivity index (χ0v) is 32.9. The maximum Gasteiger partial charge on any atom is 0.320 e. The van der Waals surface area contributed by atoms with E-state index in [1.54, 1.807) is 4.90 Å². The van der Waals surface area contributed by atoms with Crippen molar-refractivity contribution in [2.24, 2.45) is 11.7 Å². The van der Waals surface area contributed by atoms with Crippen molar-refractivity contribution >= 4 is 29.6 Å². The Kier molecular flexibility index (Phi) is 17.6. The number of amides is 4. The van der Waals surface area contributed by atoms with Crippen LogP contribution in [-0.4, -0.2) is 114 Å². The first-order chi connectivity index (χ1) is 26.5. The van der Waals surface area contributed by atoms with Crippen LogP contribution < -0.4 is 27.0 Å². The van der Waals surface area contributed by atoms with Crippen molar-refractivity contribution < 1.29 is 29.1 Å². The van der Waals surface area contributed by atoms with E-state index >= 15 is 0 Å². The van der Waals surface area contributed by atoms with E-state index in [0.717, 1.165) is 49.9 Å². The summed E-state index contributed by atoms with van der Waals surface area (Å²) in [6, 6.07) is 14.8. The molecular weight excluding hydrogens is 699 g/mol. The minimum absolute atomic E-state index is 0.0347. The third-order valence-electron chi connectivity index (χ3n) is 10.7. The van der Waals surface area contributed by atoms with E-state index in [1.165, 1.54) is 0 Å². The average Bonchev–Trinajstić information content (AvgIpc) is 3.68. The molecule has 13 nitrogen and oxygen atoms in total. The molecule has 0 radical (unpaired) electrons. The van der Waals surface area contributed by atoms with Crippen molar-refractivity contribution in [2.75, 3.05) is 33.2 Å². The first-order valence-corrected chi connectivity index (χ1v) is 20.1. The number of hydrogen-bond donors (Lipinski definition) is 6. The highest BCUT2D eigenvalue weighted by molar-refractivity contribution is 5.95. The van der Waals surface area contributed by atoms with Gasteiger partial charge in [0, 0.05) is 25.6 Å². The van der Waals surface area contributed by atoms with Gasteiger partial charge in [-0.3, -0.25) is 28.9 Å². The molecule has 13 heteroatoms. The van der Waals surface area contributed by atoms with Crippen LogP contribution in [0.1, 0.15) is 82.8 Å². The SMILES string of the molecule is CNCCCCC[C@@H](NC(=O)[C@@H](CC(C)C)NC(=O)[C@@H](Cc1ccccc1)NC(=O)[C@H](N)Cc1ccccc1)C(=O)N1CCC(N2CCC[C@H]2C(=O)O)CC1. The molecular formula is C42H63N7O6. The van der Waals surface area contributed by atoms with Crippen molar-refractivity contribution in [1.82, 2.24) is 31.1 Å². The van der Waals surface area contributed by atoms with E-state index in [4.69, 9.17) is 5.73 Å². The Morgan fingerprint density at radius 2 is 1.33 bits per heavy atom. The van der Waals surface area contributed by atoms with Crippen LogP contribution in [0.5, 0.6) is 0 Å². The van der Waals surface area contributed by atoms with Crippen LogP contribution in [0.4, 0.5) is 0 Å². The van der Waals surface area contributed by atoms with E-state index < -0.39 is 53.9 Å². The maximum absolute atomic E-state index is 14.1. The van der Waals surface area contributed by atoms with Crippen LogP contribution in [0.25, 0.3) is 0 Å². The minimum Gasteiger partial charge on any atom is -0.480 e. The lowest BCUT2D eigenvalue weighted by atomic mass is 9.98. The number of aliphatic carboxylic acids is 1. The zero-order valence-electron chi connectivity index (χ0n) is 32.9. The smallest absolute Gasteiger partial charge is 0.320 e. The molecule has 2 heterocycles. The number of nitrogens with two attached hydrogens (primary N) is 1. The summed E-state index contributed by atoms with van der Waals surface area (Å²) in [4.78, 5) is 71.3. The van der Waals surface area contributed by atoms with Gasteiger partial charge in [-0.25, -0.2) is 0 Å². The van der Waals surface area contributed by atoms with Gasteiger partial charge in [0.25, 0.3) is 0 Å². The molecule has 4 amide bonds. The number of rotatable bonds is 21. The Hall–Kier alpha value is -4.33. The van der Waals surface area contributed by atoms with Crippen LogP contribution in [-0.2, 0) is 36.8 Å². The molecule has 2 saturated heterocycles. The van der Waals surface area contributed by atoms with E-state index in [9.17, 15) is 29.1 Å². The summed E-state index contributed by atoms with van der Waals surface area (Å²) in [5.41, 5.74) is 8.04. The number of nitrogens with zero attached hydrogens (tertiary/aromatic N) is 2. The summed E-state index contributed by atoms with van der Waals surface area (Å²) in [7, 11) is 1.90. The molecule has 2 fully saturated rings. The summed E-state index contributed by atoms with van der Waals surface area (Å²) < 4.78 is 0. The predicted octanol–water partition coefficient (Wildman–Crippen LogP) is 2.62. The number of likely N-dealkylation sites (tertiary alicyclic amines) is 2. The van der Waals surface area contributed by atoms with Gasteiger partial charge in [0.15, 0.2) is 0 Å². The lowest BCUT2D eigenvalue weighted by molar-refractivity contribution is -0.144. The fraction of sp³-hybridized carbons (Fsp3) is 0.595. The average molecular weight is 762 g/mol. The first kappa shape index (κ1) is 43.4. The van der Waals surface area contributed by atoms with E-state index in [0.29, 0.717) is 51.6 Å². The van der Waals surface area contributed by atoms with Gasteiger partial charge in [-0.1, -0.05) is 87.4 Å². The van der Waals surface area contributed by atoms with Gasteiger partial charge in [0.1, 0.15) is 24.2 Å². The maximum atomic E-state index is 14.1. The van der Waals surface area contributed by atoms with Gasteiger partial charge < -0.3 is 37.0 Å². The largest absolute Gasteiger partial charge is 0.480 e. The lowest BCUT2D eigenvalue weighted by Gasteiger charge is -2.39. The third-order valence-corrected chi connectivity index (χ3v) is 10.7. The van der Waals surface area contributed by atoms with Gasteiger partial charge in [-0.05, 0) is 88.5 Å². The van der Waals surface area contributed by atoms with Crippen LogP contribution in [0.3, 0.4) is 0 Å².